The van der Waals surface area contributed by atoms with E-state index in [2.05, 4.69) is 0 Å². The minimum Gasteiger partial charge on any atom is -0.342 e. The molecule has 1 N–H and O–H groups in total. The maximum absolute atomic E-state index is 12.8. The molecule has 7 nitrogen and oxygen atoms in total. The van der Waals surface area contributed by atoms with Crippen molar-refractivity contribution in [2.75, 3.05) is 5.32 Å². The Labute approximate surface area is 166 Å². The summed E-state index contributed by atoms with van der Waals surface area (Å²) in [4.78, 5) is 19.8. The van der Waals surface area contributed by atoms with Crippen molar-refractivity contribution in [1.82, 2.24) is 0 Å². The number of nitrogens with one attached hydrogen (secondary N) is 1. The Hall–Kier alpha value is -2.80. The zero-order valence-electron chi connectivity index (χ0n) is 13.4. The summed E-state index contributed by atoms with van der Waals surface area (Å²) < 4.78 is 77.0. The van der Waals surface area contributed by atoms with E-state index in [0.29, 0.717) is 12.1 Å². The van der Waals surface area contributed by atoms with Gasteiger partial charge in [0.05, 0.1) is 31.0 Å². The number of nitrogens with zero attached hydrogens (tertiary/aromatic N) is 2. The summed E-state index contributed by atoms with van der Waals surface area (Å²) in [5.41, 5.74) is -7.06. The molecule has 0 radical (unpaired) electrons. The number of hydrogen-bond acceptors (Lipinski definition) is 5. The van der Waals surface area contributed by atoms with Crippen molar-refractivity contribution in [1.29, 1.82) is 0 Å². The molecule has 15 heteroatoms. The van der Waals surface area contributed by atoms with Gasteiger partial charge in [-0.05, 0) is 12.1 Å². The molecule has 0 saturated carbocycles. The van der Waals surface area contributed by atoms with Gasteiger partial charge in [0.2, 0.25) is 0 Å². The fraction of sp³-hybridized carbons (Fsp3) is 0.143. The van der Waals surface area contributed by atoms with E-state index in [1.54, 1.807) is 0 Å². The lowest BCUT2D eigenvalue weighted by atomic mass is 10.1. The van der Waals surface area contributed by atoms with E-state index in [9.17, 15) is 46.6 Å². The maximum atomic E-state index is 12.8. The van der Waals surface area contributed by atoms with Crippen molar-refractivity contribution < 1.29 is 36.2 Å². The lowest BCUT2D eigenvalue weighted by molar-refractivity contribution is -0.384. The largest absolute Gasteiger partial charge is 0.416 e. The molecule has 29 heavy (non-hydrogen) atoms. The normalized spacial score (nSPS) is 12.0. The summed E-state index contributed by atoms with van der Waals surface area (Å²) in [6.45, 7) is 0. The maximum Gasteiger partial charge on any atom is 0.416 e. The number of rotatable bonds is 4. The van der Waals surface area contributed by atoms with E-state index < -0.39 is 66.1 Å². The van der Waals surface area contributed by atoms with Gasteiger partial charge in [0.15, 0.2) is 0 Å². The molecule has 156 valence electrons. The van der Waals surface area contributed by atoms with Gasteiger partial charge in [-0.3, -0.25) is 20.2 Å². The molecular formula is C14H5Cl2F6N3O4. The molecule has 0 bridgehead atoms. The fourth-order valence-electron chi connectivity index (χ4n) is 2.17. The Morgan fingerprint density at radius 2 is 1.03 bits per heavy atom. The van der Waals surface area contributed by atoms with Gasteiger partial charge in [0.25, 0.3) is 11.4 Å². The fourth-order valence-corrected chi connectivity index (χ4v) is 2.70. The molecule has 0 saturated heterocycles. The first-order chi connectivity index (χ1) is 13.1. The first kappa shape index (κ1) is 22.5. The van der Waals surface area contributed by atoms with Crippen LogP contribution in [0.5, 0.6) is 0 Å². The lowest BCUT2D eigenvalue weighted by Gasteiger charge is -2.15. The molecule has 0 heterocycles. The van der Waals surface area contributed by atoms with E-state index in [0.717, 1.165) is 0 Å². The second kappa shape index (κ2) is 7.55. The molecule has 0 aliphatic carbocycles. The average Bonchev–Trinajstić information content (AvgIpc) is 2.55. The zero-order chi connectivity index (χ0) is 22.3. The van der Waals surface area contributed by atoms with Crippen molar-refractivity contribution in [3.05, 3.63) is 65.7 Å². The van der Waals surface area contributed by atoms with Crippen LogP contribution in [-0.2, 0) is 12.4 Å². The molecule has 0 fully saturated rings. The van der Waals surface area contributed by atoms with E-state index in [-0.39, 0.29) is 12.1 Å². The predicted octanol–water partition coefficient (Wildman–Crippen LogP) is 6.59. The molecule has 2 aromatic rings. The topological polar surface area (TPSA) is 98.3 Å². The van der Waals surface area contributed by atoms with Crippen molar-refractivity contribution in [2.45, 2.75) is 12.4 Å². The highest BCUT2D eigenvalue weighted by atomic mass is 35.5. The van der Waals surface area contributed by atoms with E-state index in [1.165, 1.54) is 0 Å². The number of nitro benzene ring substituents is 2. The van der Waals surface area contributed by atoms with Gasteiger partial charge < -0.3 is 5.32 Å². The lowest BCUT2D eigenvalue weighted by Crippen LogP contribution is -2.09. The molecule has 0 aromatic heterocycles. The van der Waals surface area contributed by atoms with Crippen LogP contribution in [0.2, 0.25) is 10.0 Å². The molecule has 0 atom stereocenters. The van der Waals surface area contributed by atoms with Crippen molar-refractivity contribution >= 4 is 46.0 Å². The molecule has 2 rings (SSSR count). The number of hydrogen-bond donors (Lipinski definition) is 1. The van der Waals surface area contributed by atoms with Gasteiger partial charge in [-0.25, -0.2) is 0 Å². The van der Waals surface area contributed by atoms with Gasteiger partial charge in [-0.15, -0.1) is 0 Å². The summed E-state index contributed by atoms with van der Waals surface area (Å²) in [6, 6.07) is 0.831. The van der Waals surface area contributed by atoms with Gasteiger partial charge in [-0.2, -0.15) is 26.3 Å². The van der Waals surface area contributed by atoms with Gasteiger partial charge in [-0.1, -0.05) is 23.2 Å². The summed E-state index contributed by atoms with van der Waals surface area (Å²) in [7, 11) is 0. The van der Waals surface area contributed by atoms with Crippen LogP contribution in [0.25, 0.3) is 0 Å². The first-order valence-corrected chi connectivity index (χ1v) is 7.75. The third kappa shape index (κ3) is 4.79. The smallest absolute Gasteiger partial charge is 0.342 e. The third-order valence-electron chi connectivity index (χ3n) is 3.44. The van der Waals surface area contributed by atoms with E-state index in [1.807, 2.05) is 5.32 Å². The zero-order valence-corrected chi connectivity index (χ0v) is 14.9. The van der Waals surface area contributed by atoms with Crippen molar-refractivity contribution in [3.8, 4) is 0 Å². The van der Waals surface area contributed by atoms with Crippen LogP contribution in [-0.4, -0.2) is 9.85 Å². The van der Waals surface area contributed by atoms with Crippen molar-refractivity contribution in [3.63, 3.8) is 0 Å². The number of alkyl halides is 6. The number of nitro groups is 2. The first-order valence-electron chi connectivity index (χ1n) is 7.00. The summed E-state index contributed by atoms with van der Waals surface area (Å²) >= 11 is 11.3. The van der Waals surface area contributed by atoms with Crippen LogP contribution in [0.1, 0.15) is 11.1 Å². The minimum absolute atomic E-state index is 0.109. The monoisotopic (exact) mass is 463 g/mol. The second-order valence-electron chi connectivity index (χ2n) is 5.34. The Morgan fingerprint density at radius 1 is 0.724 bits per heavy atom. The SMILES string of the molecule is O=[N+]([O-])c1cc(C(F)(F)F)cc(Cl)c1Nc1c(Cl)cc(C(F)(F)F)cc1[N+](=O)[O-]. The van der Waals surface area contributed by atoms with Crippen LogP contribution in [0.4, 0.5) is 49.1 Å². The highest BCUT2D eigenvalue weighted by molar-refractivity contribution is 6.35. The number of halogens is 8. The Kier molecular flexibility index (Phi) is 5.86. The Bertz CT molecular complexity index is 931. The molecule has 0 aliphatic heterocycles. The molecule has 0 amide bonds. The standard InChI is InChI=1S/C14H5Cl2F6N3O4/c15-7-1-5(13(17,18)19)3-9(24(26)27)11(7)23-12-8(16)2-6(14(20,21)22)4-10(12)25(28)29/h1-4,23H. The minimum atomic E-state index is -5.00. The van der Waals surface area contributed by atoms with Crippen LogP contribution < -0.4 is 5.32 Å². The van der Waals surface area contributed by atoms with E-state index in [4.69, 9.17) is 23.2 Å². The average molecular weight is 464 g/mol. The number of benzene rings is 2. The van der Waals surface area contributed by atoms with Gasteiger partial charge in [0.1, 0.15) is 11.4 Å². The van der Waals surface area contributed by atoms with Gasteiger partial charge in [0, 0.05) is 12.1 Å². The number of anilines is 2. The summed E-state index contributed by atoms with van der Waals surface area (Å²) in [6.07, 6.45) is -9.99. The van der Waals surface area contributed by atoms with Crippen LogP contribution in [0.15, 0.2) is 24.3 Å². The highest BCUT2D eigenvalue weighted by Gasteiger charge is 2.37. The van der Waals surface area contributed by atoms with Crippen LogP contribution in [0.3, 0.4) is 0 Å². The van der Waals surface area contributed by atoms with Crippen LogP contribution >= 0.6 is 23.2 Å². The Morgan fingerprint density at radius 3 is 1.28 bits per heavy atom. The quantitative estimate of drug-likeness (QED) is 0.313. The Balaban J connectivity index is 2.71. The highest BCUT2D eigenvalue weighted by Crippen LogP contribution is 2.45. The molecule has 0 unspecified atom stereocenters. The molecule has 2 aromatic carbocycles. The van der Waals surface area contributed by atoms with Crippen LogP contribution in [0, 0.1) is 20.2 Å². The molecule has 0 aliphatic rings. The predicted molar refractivity (Wildman–Crippen MR) is 89.5 cm³/mol. The summed E-state index contributed by atoms with van der Waals surface area (Å²) in [5, 5.41) is 22.6. The van der Waals surface area contributed by atoms with E-state index >= 15 is 0 Å². The molecular weight excluding hydrogens is 459 g/mol. The van der Waals surface area contributed by atoms with Crippen molar-refractivity contribution in [2.24, 2.45) is 0 Å². The van der Waals surface area contributed by atoms with Gasteiger partial charge >= 0.3 is 12.4 Å². The third-order valence-corrected chi connectivity index (χ3v) is 4.03. The molecule has 0 spiro atoms. The second-order valence-corrected chi connectivity index (χ2v) is 6.15. The summed E-state index contributed by atoms with van der Waals surface area (Å²) in [5.74, 6) is 0.